The first-order valence-corrected chi connectivity index (χ1v) is 7.83. The molecule has 0 aliphatic carbocycles. The van der Waals surface area contributed by atoms with Crippen molar-refractivity contribution in [3.05, 3.63) is 35.9 Å². The van der Waals surface area contributed by atoms with Crippen molar-refractivity contribution in [2.24, 2.45) is 0 Å². The van der Waals surface area contributed by atoms with Crippen molar-refractivity contribution in [1.82, 2.24) is 10.2 Å². The summed E-state index contributed by atoms with van der Waals surface area (Å²) in [4.78, 5) is 14.5. The number of benzene rings is 1. The summed E-state index contributed by atoms with van der Waals surface area (Å²) < 4.78 is 0. The molecule has 3 nitrogen and oxygen atoms in total. The lowest BCUT2D eigenvalue weighted by Crippen LogP contribution is -2.45. The van der Waals surface area contributed by atoms with Gasteiger partial charge >= 0.3 is 0 Å². The standard InChI is InChI=1S/C16H23ClN2O/c1-13(19-10-6-3-7-11-19)12-18-16(20)15(17)14-8-4-2-5-9-14/h2,4-5,8-9,13,15H,3,6-7,10-12H2,1H3,(H,18,20). The number of piperidine rings is 1. The molecule has 110 valence electrons. The summed E-state index contributed by atoms with van der Waals surface area (Å²) in [5, 5.41) is 2.36. The maximum Gasteiger partial charge on any atom is 0.242 e. The van der Waals surface area contributed by atoms with Crippen LogP contribution in [0.15, 0.2) is 30.3 Å². The number of hydrogen-bond donors (Lipinski definition) is 1. The van der Waals surface area contributed by atoms with Gasteiger partial charge in [-0.05, 0) is 38.4 Å². The maximum atomic E-state index is 12.1. The van der Waals surface area contributed by atoms with Crippen LogP contribution in [0.4, 0.5) is 0 Å². The van der Waals surface area contributed by atoms with Gasteiger partial charge in [-0.3, -0.25) is 9.69 Å². The molecule has 1 aliphatic heterocycles. The maximum absolute atomic E-state index is 12.1. The lowest BCUT2D eigenvalue weighted by atomic mass is 10.1. The molecule has 1 aromatic carbocycles. The minimum absolute atomic E-state index is 0.110. The summed E-state index contributed by atoms with van der Waals surface area (Å²) >= 11 is 6.20. The average molecular weight is 295 g/mol. The highest BCUT2D eigenvalue weighted by Gasteiger charge is 2.20. The van der Waals surface area contributed by atoms with Gasteiger partial charge in [-0.2, -0.15) is 0 Å². The Morgan fingerprint density at radius 2 is 1.90 bits per heavy atom. The molecule has 1 heterocycles. The largest absolute Gasteiger partial charge is 0.353 e. The van der Waals surface area contributed by atoms with Crippen molar-refractivity contribution in [3.63, 3.8) is 0 Å². The molecule has 0 aromatic heterocycles. The first kappa shape index (κ1) is 15.3. The number of nitrogens with one attached hydrogen (secondary N) is 1. The number of carbonyl (C=O) groups is 1. The summed E-state index contributed by atoms with van der Waals surface area (Å²) in [5.41, 5.74) is 0.845. The second kappa shape index (κ2) is 7.65. The zero-order valence-electron chi connectivity index (χ0n) is 12.0. The Morgan fingerprint density at radius 3 is 2.55 bits per heavy atom. The van der Waals surface area contributed by atoms with Crippen molar-refractivity contribution in [3.8, 4) is 0 Å². The molecule has 1 N–H and O–H groups in total. The van der Waals surface area contributed by atoms with Crippen LogP contribution < -0.4 is 5.32 Å². The smallest absolute Gasteiger partial charge is 0.242 e. The van der Waals surface area contributed by atoms with E-state index in [4.69, 9.17) is 11.6 Å². The fourth-order valence-corrected chi connectivity index (χ4v) is 2.82. The van der Waals surface area contributed by atoms with Crippen LogP contribution >= 0.6 is 11.6 Å². The van der Waals surface area contributed by atoms with Crippen LogP contribution in [0.3, 0.4) is 0 Å². The van der Waals surface area contributed by atoms with Gasteiger partial charge in [0, 0.05) is 12.6 Å². The van der Waals surface area contributed by atoms with Gasteiger partial charge in [0.25, 0.3) is 0 Å². The quantitative estimate of drug-likeness (QED) is 0.847. The predicted molar refractivity (Wildman–Crippen MR) is 82.9 cm³/mol. The Bertz CT molecular complexity index is 418. The monoisotopic (exact) mass is 294 g/mol. The Kier molecular flexibility index (Phi) is 5.86. The molecule has 2 rings (SSSR count). The Hall–Kier alpha value is -1.06. The molecule has 20 heavy (non-hydrogen) atoms. The van der Waals surface area contributed by atoms with Crippen molar-refractivity contribution < 1.29 is 4.79 Å². The van der Waals surface area contributed by atoms with Gasteiger partial charge in [0.1, 0.15) is 5.38 Å². The molecule has 2 atom stereocenters. The van der Waals surface area contributed by atoms with Gasteiger partial charge in [0.05, 0.1) is 0 Å². The van der Waals surface area contributed by atoms with Crippen molar-refractivity contribution in [2.45, 2.75) is 37.6 Å². The van der Waals surface area contributed by atoms with Gasteiger partial charge in [-0.1, -0.05) is 36.8 Å². The third-order valence-electron chi connectivity index (χ3n) is 3.91. The van der Waals surface area contributed by atoms with Crippen LogP contribution in [-0.4, -0.2) is 36.5 Å². The zero-order valence-corrected chi connectivity index (χ0v) is 12.8. The molecule has 1 amide bonds. The number of nitrogens with zero attached hydrogens (tertiary/aromatic N) is 1. The van der Waals surface area contributed by atoms with Crippen molar-refractivity contribution >= 4 is 17.5 Å². The molecule has 1 fully saturated rings. The van der Waals surface area contributed by atoms with Crippen LogP contribution in [0.2, 0.25) is 0 Å². The number of amides is 1. The molecular weight excluding hydrogens is 272 g/mol. The Morgan fingerprint density at radius 1 is 1.25 bits per heavy atom. The number of alkyl halides is 1. The van der Waals surface area contributed by atoms with E-state index in [9.17, 15) is 4.79 Å². The van der Waals surface area contributed by atoms with Crippen LogP contribution in [0.25, 0.3) is 0 Å². The first-order valence-electron chi connectivity index (χ1n) is 7.39. The van der Waals surface area contributed by atoms with E-state index in [2.05, 4.69) is 17.1 Å². The third-order valence-corrected chi connectivity index (χ3v) is 4.36. The van der Waals surface area contributed by atoms with E-state index in [-0.39, 0.29) is 5.91 Å². The number of carbonyl (C=O) groups excluding carboxylic acids is 1. The molecule has 0 saturated carbocycles. The highest BCUT2D eigenvalue weighted by molar-refractivity contribution is 6.30. The van der Waals surface area contributed by atoms with E-state index < -0.39 is 5.38 Å². The van der Waals surface area contributed by atoms with Gasteiger partial charge in [0.15, 0.2) is 0 Å². The molecule has 0 spiro atoms. The second-order valence-corrected chi connectivity index (χ2v) is 5.90. The van der Waals surface area contributed by atoms with E-state index in [0.717, 1.165) is 18.7 Å². The van der Waals surface area contributed by atoms with Gasteiger partial charge in [-0.15, -0.1) is 11.6 Å². The zero-order chi connectivity index (χ0) is 14.4. The molecule has 4 heteroatoms. The summed E-state index contributed by atoms with van der Waals surface area (Å²) in [5.74, 6) is -0.110. The Labute approximate surface area is 126 Å². The molecule has 1 saturated heterocycles. The van der Waals surface area contributed by atoms with Crippen molar-refractivity contribution in [1.29, 1.82) is 0 Å². The summed E-state index contributed by atoms with van der Waals surface area (Å²) in [7, 11) is 0. The van der Waals surface area contributed by atoms with Crippen LogP contribution in [-0.2, 0) is 4.79 Å². The predicted octanol–water partition coefficient (Wildman–Crippen LogP) is 2.96. The number of halogens is 1. The van der Waals surface area contributed by atoms with Crippen LogP contribution in [0.5, 0.6) is 0 Å². The van der Waals surface area contributed by atoms with E-state index in [0.29, 0.717) is 12.6 Å². The van der Waals surface area contributed by atoms with E-state index in [1.54, 1.807) is 0 Å². The number of hydrogen-bond acceptors (Lipinski definition) is 2. The summed E-state index contributed by atoms with van der Waals surface area (Å²) in [6, 6.07) is 9.85. The van der Waals surface area contributed by atoms with Gasteiger partial charge in [-0.25, -0.2) is 0 Å². The molecule has 0 radical (unpaired) electrons. The fraction of sp³-hybridized carbons (Fsp3) is 0.562. The second-order valence-electron chi connectivity index (χ2n) is 5.46. The lowest BCUT2D eigenvalue weighted by molar-refractivity contribution is -0.121. The SMILES string of the molecule is CC(CNC(=O)C(Cl)c1ccccc1)N1CCCCC1. The molecular formula is C16H23ClN2O. The lowest BCUT2D eigenvalue weighted by Gasteiger charge is -2.32. The molecule has 1 aromatic rings. The van der Waals surface area contributed by atoms with Crippen LogP contribution in [0.1, 0.15) is 37.1 Å². The normalized spacial score (nSPS) is 19.3. The van der Waals surface area contributed by atoms with Crippen LogP contribution in [0, 0.1) is 0 Å². The topological polar surface area (TPSA) is 32.3 Å². The van der Waals surface area contributed by atoms with E-state index in [1.165, 1.54) is 19.3 Å². The summed E-state index contributed by atoms with van der Waals surface area (Å²) in [6.45, 7) is 5.10. The minimum Gasteiger partial charge on any atom is -0.353 e. The molecule has 0 bridgehead atoms. The van der Waals surface area contributed by atoms with E-state index in [1.807, 2.05) is 30.3 Å². The fourth-order valence-electron chi connectivity index (χ4n) is 2.60. The first-order chi connectivity index (χ1) is 9.68. The number of rotatable bonds is 5. The molecule has 2 unspecified atom stereocenters. The van der Waals surface area contributed by atoms with Crippen molar-refractivity contribution in [2.75, 3.05) is 19.6 Å². The average Bonchev–Trinajstić information content (AvgIpc) is 2.53. The van der Waals surface area contributed by atoms with E-state index >= 15 is 0 Å². The van der Waals surface area contributed by atoms with Gasteiger partial charge < -0.3 is 5.32 Å². The third kappa shape index (κ3) is 4.22. The highest BCUT2D eigenvalue weighted by Crippen LogP contribution is 2.20. The number of likely N-dealkylation sites (tertiary alicyclic amines) is 1. The minimum atomic E-state index is -0.607. The summed E-state index contributed by atoms with van der Waals surface area (Å²) in [6.07, 6.45) is 3.86. The molecule has 1 aliphatic rings. The van der Waals surface area contributed by atoms with Gasteiger partial charge in [0.2, 0.25) is 5.91 Å². The highest BCUT2D eigenvalue weighted by atomic mass is 35.5. The Balaban J connectivity index is 1.79.